The molecule has 0 saturated carbocycles. The first-order valence-corrected chi connectivity index (χ1v) is 8.97. The number of hydrogen-bond acceptors (Lipinski definition) is 3. The van der Waals surface area contributed by atoms with E-state index in [-0.39, 0.29) is 29.3 Å². The average molecular weight is 472 g/mol. The lowest BCUT2D eigenvalue weighted by Crippen LogP contribution is -2.16. The highest BCUT2D eigenvalue weighted by Gasteiger charge is 2.18. The first-order chi connectivity index (χ1) is 12.3. The molecule has 0 unspecified atom stereocenters. The number of amides is 1. The van der Waals surface area contributed by atoms with Crippen molar-refractivity contribution in [2.24, 2.45) is 5.73 Å². The Morgan fingerprint density at radius 2 is 1.96 bits per heavy atom. The molecule has 0 aliphatic rings. The van der Waals surface area contributed by atoms with Crippen LogP contribution in [0.3, 0.4) is 0 Å². The molecular weight excluding hydrogens is 453 g/mol. The van der Waals surface area contributed by atoms with E-state index in [0.29, 0.717) is 9.99 Å². The van der Waals surface area contributed by atoms with E-state index in [2.05, 4.69) is 5.32 Å². The Labute approximate surface area is 164 Å². The van der Waals surface area contributed by atoms with E-state index < -0.39 is 17.5 Å². The fraction of sp³-hybridized carbons (Fsp3) is 0.211. The molecule has 26 heavy (non-hydrogen) atoms. The number of anilines is 2. The van der Waals surface area contributed by atoms with Crippen LogP contribution in [0.5, 0.6) is 5.75 Å². The SMILES string of the molecule is CC(C)=CCCOc1cc(F)cc(Nc2ccc(I)cc2F)c1C(N)=O. The minimum atomic E-state index is -0.796. The van der Waals surface area contributed by atoms with Gasteiger partial charge in [0.2, 0.25) is 0 Å². The molecule has 2 aromatic carbocycles. The summed E-state index contributed by atoms with van der Waals surface area (Å²) in [5, 5.41) is 2.73. The van der Waals surface area contributed by atoms with Gasteiger partial charge in [0.1, 0.15) is 22.9 Å². The lowest BCUT2D eigenvalue weighted by atomic mass is 10.1. The van der Waals surface area contributed by atoms with Crippen molar-refractivity contribution < 1.29 is 18.3 Å². The van der Waals surface area contributed by atoms with Gasteiger partial charge < -0.3 is 15.8 Å². The van der Waals surface area contributed by atoms with Gasteiger partial charge in [0.05, 0.1) is 18.0 Å². The van der Waals surface area contributed by atoms with E-state index in [1.165, 1.54) is 12.1 Å². The largest absolute Gasteiger partial charge is 0.492 e. The number of halogens is 3. The minimum Gasteiger partial charge on any atom is -0.492 e. The maximum Gasteiger partial charge on any atom is 0.254 e. The minimum absolute atomic E-state index is 0.0214. The van der Waals surface area contributed by atoms with Crippen LogP contribution < -0.4 is 15.8 Å². The van der Waals surface area contributed by atoms with Crippen LogP contribution in [-0.4, -0.2) is 12.5 Å². The fourth-order valence-electron chi connectivity index (χ4n) is 2.30. The molecule has 0 heterocycles. The summed E-state index contributed by atoms with van der Waals surface area (Å²) >= 11 is 1.98. The highest BCUT2D eigenvalue weighted by atomic mass is 127. The van der Waals surface area contributed by atoms with Crippen LogP contribution in [0, 0.1) is 15.2 Å². The molecule has 3 N–H and O–H groups in total. The lowest BCUT2D eigenvalue weighted by molar-refractivity contribution is 0.0997. The predicted octanol–water partition coefficient (Wildman–Crippen LogP) is 5.15. The Morgan fingerprint density at radius 3 is 2.58 bits per heavy atom. The lowest BCUT2D eigenvalue weighted by Gasteiger charge is -2.15. The maximum absolute atomic E-state index is 14.1. The van der Waals surface area contributed by atoms with E-state index >= 15 is 0 Å². The van der Waals surface area contributed by atoms with Gasteiger partial charge in [0.15, 0.2) is 0 Å². The second-order valence-corrected chi connectivity index (χ2v) is 7.10. The number of nitrogens with two attached hydrogens (primary N) is 1. The molecule has 7 heteroatoms. The zero-order valence-electron chi connectivity index (χ0n) is 14.4. The molecule has 0 radical (unpaired) electrons. The van der Waals surface area contributed by atoms with E-state index in [1.807, 2.05) is 42.5 Å². The van der Waals surface area contributed by atoms with Crippen LogP contribution in [0.4, 0.5) is 20.2 Å². The maximum atomic E-state index is 14.1. The Bertz CT molecular complexity index is 850. The highest BCUT2D eigenvalue weighted by molar-refractivity contribution is 14.1. The summed E-state index contributed by atoms with van der Waals surface area (Å²) in [6, 6.07) is 6.69. The van der Waals surface area contributed by atoms with Gasteiger partial charge in [-0.15, -0.1) is 0 Å². The number of ether oxygens (including phenoxy) is 1. The molecule has 4 nitrogen and oxygen atoms in total. The topological polar surface area (TPSA) is 64.3 Å². The van der Waals surface area contributed by atoms with Crippen molar-refractivity contribution in [1.82, 2.24) is 0 Å². The Kier molecular flexibility index (Phi) is 6.96. The Balaban J connectivity index is 2.35. The summed E-state index contributed by atoms with van der Waals surface area (Å²) in [5.41, 5.74) is 6.70. The molecule has 2 rings (SSSR count). The van der Waals surface area contributed by atoms with Crippen LogP contribution in [0.15, 0.2) is 42.0 Å². The van der Waals surface area contributed by atoms with Crippen molar-refractivity contribution in [3.63, 3.8) is 0 Å². The van der Waals surface area contributed by atoms with Gasteiger partial charge >= 0.3 is 0 Å². The third-order valence-corrected chi connectivity index (χ3v) is 4.11. The van der Waals surface area contributed by atoms with E-state index in [4.69, 9.17) is 10.5 Å². The van der Waals surface area contributed by atoms with Gasteiger partial charge in [-0.05, 0) is 67.1 Å². The molecule has 0 aliphatic carbocycles. The monoisotopic (exact) mass is 472 g/mol. The zero-order chi connectivity index (χ0) is 19.3. The first-order valence-electron chi connectivity index (χ1n) is 7.89. The van der Waals surface area contributed by atoms with Crippen molar-refractivity contribution in [2.75, 3.05) is 11.9 Å². The molecule has 0 fully saturated rings. The first kappa shape index (κ1) is 20.2. The normalized spacial score (nSPS) is 10.3. The summed E-state index contributed by atoms with van der Waals surface area (Å²) in [6.45, 7) is 4.16. The predicted molar refractivity (Wildman–Crippen MR) is 107 cm³/mol. The number of rotatable bonds is 7. The molecule has 0 saturated heterocycles. The molecule has 1 amide bonds. The summed E-state index contributed by atoms with van der Waals surface area (Å²) in [5.74, 6) is -1.92. The van der Waals surface area contributed by atoms with Crippen molar-refractivity contribution in [3.05, 3.63) is 62.7 Å². The summed E-state index contributed by atoms with van der Waals surface area (Å²) in [4.78, 5) is 11.9. The van der Waals surface area contributed by atoms with Gasteiger partial charge in [-0.3, -0.25) is 4.79 Å². The fourth-order valence-corrected chi connectivity index (χ4v) is 2.75. The Morgan fingerprint density at radius 1 is 1.23 bits per heavy atom. The van der Waals surface area contributed by atoms with Crippen LogP contribution in [0.25, 0.3) is 0 Å². The molecule has 2 aromatic rings. The van der Waals surface area contributed by atoms with Gasteiger partial charge in [-0.1, -0.05) is 11.6 Å². The molecule has 138 valence electrons. The molecule has 0 atom stereocenters. The van der Waals surface area contributed by atoms with Gasteiger partial charge in [-0.25, -0.2) is 8.78 Å². The van der Waals surface area contributed by atoms with E-state index in [9.17, 15) is 13.6 Å². The van der Waals surface area contributed by atoms with Crippen molar-refractivity contribution in [1.29, 1.82) is 0 Å². The van der Waals surface area contributed by atoms with Gasteiger partial charge in [0.25, 0.3) is 5.91 Å². The smallest absolute Gasteiger partial charge is 0.254 e. The number of carbonyl (C=O) groups is 1. The van der Waals surface area contributed by atoms with Crippen molar-refractivity contribution >= 4 is 39.9 Å². The highest BCUT2D eigenvalue weighted by Crippen LogP contribution is 2.31. The number of primary amides is 1. The quantitative estimate of drug-likeness (QED) is 0.333. The van der Waals surface area contributed by atoms with E-state index in [1.54, 1.807) is 6.07 Å². The molecule has 0 spiro atoms. The number of benzene rings is 2. The summed E-state index contributed by atoms with van der Waals surface area (Å²) < 4.78 is 34.3. The second-order valence-electron chi connectivity index (χ2n) is 5.86. The van der Waals surface area contributed by atoms with Crippen molar-refractivity contribution in [2.45, 2.75) is 20.3 Å². The van der Waals surface area contributed by atoms with Gasteiger partial charge in [0, 0.05) is 9.64 Å². The molecule has 0 aromatic heterocycles. The standard InChI is InChI=1S/C19H19F2IN2O2/c1-11(2)4-3-7-26-17-9-12(20)8-16(18(17)19(23)25)24-15-6-5-13(22)10-14(15)21/h4-6,8-10,24H,3,7H2,1-2H3,(H2,23,25). The third kappa shape index (κ3) is 5.42. The average Bonchev–Trinajstić information content (AvgIpc) is 2.53. The zero-order valence-corrected chi connectivity index (χ0v) is 16.6. The van der Waals surface area contributed by atoms with E-state index in [0.717, 1.165) is 17.7 Å². The Hall–Kier alpha value is -2.16. The number of allylic oxidation sites excluding steroid dienone is 1. The van der Waals surface area contributed by atoms with Crippen LogP contribution in [0.2, 0.25) is 0 Å². The molecular formula is C19H19F2IN2O2. The van der Waals surface area contributed by atoms with Crippen LogP contribution in [0.1, 0.15) is 30.6 Å². The molecule has 0 bridgehead atoms. The molecule has 0 aliphatic heterocycles. The van der Waals surface area contributed by atoms with Crippen molar-refractivity contribution in [3.8, 4) is 5.75 Å². The van der Waals surface area contributed by atoms with Crippen LogP contribution in [-0.2, 0) is 0 Å². The number of nitrogens with one attached hydrogen (secondary N) is 1. The third-order valence-electron chi connectivity index (χ3n) is 3.44. The summed E-state index contributed by atoms with van der Waals surface area (Å²) in [7, 11) is 0. The van der Waals surface area contributed by atoms with Gasteiger partial charge in [-0.2, -0.15) is 0 Å². The summed E-state index contributed by atoms with van der Waals surface area (Å²) in [6.07, 6.45) is 2.56. The number of hydrogen-bond donors (Lipinski definition) is 2. The van der Waals surface area contributed by atoms with Crippen LogP contribution >= 0.6 is 22.6 Å². The number of carbonyl (C=O) groups excluding carboxylic acids is 1. The second kappa shape index (κ2) is 8.98.